The molecule has 31 heavy (non-hydrogen) atoms. The van der Waals surface area contributed by atoms with Gasteiger partial charge in [0.05, 0.1) is 22.0 Å². The Bertz CT molecular complexity index is 1070. The third-order valence-electron chi connectivity index (χ3n) is 5.43. The van der Waals surface area contributed by atoms with Crippen LogP contribution in [0.1, 0.15) is 55.4 Å². The molecule has 1 aromatic carbocycles. The summed E-state index contributed by atoms with van der Waals surface area (Å²) in [6.07, 6.45) is 5.23. The van der Waals surface area contributed by atoms with E-state index in [4.69, 9.17) is 9.47 Å². The third-order valence-corrected chi connectivity index (χ3v) is 8.86. The summed E-state index contributed by atoms with van der Waals surface area (Å²) < 4.78 is 12.6. The topological polar surface area (TPSA) is 85.5 Å². The lowest BCUT2D eigenvalue weighted by molar-refractivity contribution is -0.151. The highest BCUT2D eigenvalue weighted by molar-refractivity contribution is 9.11. The van der Waals surface area contributed by atoms with E-state index in [1.54, 1.807) is 6.07 Å². The van der Waals surface area contributed by atoms with Gasteiger partial charge in [0.1, 0.15) is 11.0 Å². The van der Waals surface area contributed by atoms with Gasteiger partial charge in [0.15, 0.2) is 0 Å². The Balaban J connectivity index is 1.64. The number of carbonyl (C=O) groups excluding carboxylic acids is 2. The maximum Gasteiger partial charge on any atom is 0.320 e. The molecule has 2 aromatic rings. The lowest BCUT2D eigenvalue weighted by Gasteiger charge is -2.38. The Kier molecular flexibility index (Phi) is 7.30. The summed E-state index contributed by atoms with van der Waals surface area (Å²) in [4.78, 5) is 41.5. The Morgan fingerprint density at radius 3 is 2.74 bits per heavy atom. The van der Waals surface area contributed by atoms with Gasteiger partial charge in [-0.05, 0) is 34.5 Å². The molecule has 10 heteroatoms. The van der Waals surface area contributed by atoms with Crippen LogP contribution >= 0.6 is 55.0 Å². The molecule has 3 atom stereocenters. The van der Waals surface area contributed by atoms with Gasteiger partial charge in [-0.3, -0.25) is 14.4 Å². The van der Waals surface area contributed by atoms with Crippen molar-refractivity contribution in [3.63, 3.8) is 0 Å². The summed E-state index contributed by atoms with van der Waals surface area (Å²) in [5, 5.41) is -0.158. The Morgan fingerprint density at radius 2 is 1.97 bits per heavy atom. The van der Waals surface area contributed by atoms with Crippen LogP contribution in [0.25, 0.3) is 0 Å². The van der Waals surface area contributed by atoms with E-state index < -0.39 is 29.0 Å². The lowest BCUT2D eigenvalue weighted by Crippen LogP contribution is -2.45. The van der Waals surface area contributed by atoms with Gasteiger partial charge in [-0.25, -0.2) is 0 Å². The van der Waals surface area contributed by atoms with E-state index >= 15 is 0 Å². The molecule has 0 saturated carbocycles. The first kappa shape index (κ1) is 23.1. The van der Waals surface area contributed by atoms with Crippen molar-refractivity contribution in [1.29, 1.82) is 0 Å². The number of thiazole rings is 1. The molecule has 1 aromatic heterocycles. The van der Waals surface area contributed by atoms with E-state index in [9.17, 15) is 14.4 Å². The van der Waals surface area contributed by atoms with E-state index in [-0.39, 0.29) is 4.87 Å². The zero-order valence-electron chi connectivity index (χ0n) is 16.7. The molecule has 6 nitrogen and oxygen atoms in total. The number of fused-ring (bicyclic) bond motifs is 5. The SMILES string of the molecule is CCCCCCCOC(=O)[C@@H]1Sc2[nH]c(=O)sc2[C@@H]2c3cc(Br)cc(Br)c3OC(=O)[C@@H]21. The zero-order chi connectivity index (χ0) is 22.1. The Hall–Kier alpha value is -1.10. The second-order valence-corrected chi connectivity index (χ2v) is 11.5. The van der Waals surface area contributed by atoms with Crippen LogP contribution in [0.2, 0.25) is 0 Å². The van der Waals surface area contributed by atoms with Crippen LogP contribution in [0, 0.1) is 5.92 Å². The second-order valence-electron chi connectivity index (χ2n) is 7.56. The van der Waals surface area contributed by atoms with Gasteiger partial charge in [-0.1, -0.05) is 71.6 Å². The van der Waals surface area contributed by atoms with E-state index in [0.29, 0.717) is 21.9 Å². The molecule has 166 valence electrons. The van der Waals surface area contributed by atoms with Crippen LogP contribution in [0.5, 0.6) is 5.75 Å². The van der Waals surface area contributed by atoms with Crippen molar-refractivity contribution < 1.29 is 19.1 Å². The summed E-state index contributed by atoms with van der Waals surface area (Å²) in [5.41, 5.74) is 0.764. The fourth-order valence-corrected chi connectivity index (χ4v) is 7.79. The highest BCUT2D eigenvalue weighted by atomic mass is 79.9. The fourth-order valence-electron chi connectivity index (χ4n) is 3.99. The van der Waals surface area contributed by atoms with Crippen LogP contribution in [0.3, 0.4) is 0 Å². The van der Waals surface area contributed by atoms with Crippen LogP contribution in [0.15, 0.2) is 30.9 Å². The first-order chi connectivity index (χ1) is 14.9. The third kappa shape index (κ3) is 4.67. The average molecular weight is 591 g/mol. The largest absolute Gasteiger partial charge is 0.465 e. The van der Waals surface area contributed by atoms with Crippen molar-refractivity contribution in [2.45, 2.75) is 55.2 Å². The molecular formula is C21H21Br2NO5S2. The monoisotopic (exact) mass is 589 g/mol. The Morgan fingerprint density at radius 1 is 1.19 bits per heavy atom. The molecule has 0 aliphatic carbocycles. The molecule has 0 radical (unpaired) electrons. The number of rotatable bonds is 7. The number of esters is 2. The molecule has 2 aliphatic heterocycles. The van der Waals surface area contributed by atoms with Crippen molar-refractivity contribution >= 4 is 66.9 Å². The summed E-state index contributed by atoms with van der Waals surface area (Å²) in [5.74, 6) is -1.71. The number of thioether (sulfide) groups is 1. The van der Waals surface area contributed by atoms with E-state index in [1.807, 2.05) is 6.07 Å². The molecule has 0 amide bonds. The van der Waals surface area contributed by atoms with Gasteiger partial charge in [-0.15, -0.1) is 0 Å². The smallest absolute Gasteiger partial charge is 0.320 e. The van der Waals surface area contributed by atoms with Crippen LogP contribution in [-0.2, 0) is 14.3 Å². The number of hydrogen-bond acceptors (Lipinski definition) is 7. The number of unbranched alkanes of at least 4 members (excludes halogenated alkanes) is 4. The fraction of sp³-hybridized carbons (Fsp3) is 0.476. The molecule has 0 fully saturated rings. The predicted molar refractivity (Wildman–Crippen MR) is 127 cm³/mol. The molecule has 4 rings (SSSR count). The van der Waals surface area contributed by atoms with Crippen LogP contribution in [0.4, 0.5) is 0 Å². The van der Waals surface area contributed by atoms with Crippen molar-refractivity contribution in [1.82, 2.24) is 4.98 Å². The maximum atomic E-state index is 13.0. The van der Waals surface area contributed by atoms with Crippen molar-refractivity contribution in [2.75, 3.05) is 6.61 Å². The summed E-state index contributed by atoms with van der Waals surface area (Å²) in [6, 6.07) is 3.68. The first-order valence-corrected chi connectivity index (χ1v) is 13.5. The minimum absolute atomic E-state index is 0.212. The van der Waals surface area contributed by atoms with Gasteiger partial charge in [0.25, 0.3) is 0 Å². The molecule has 0 bridgehead atoms. The minimum Gasteiger partial charge on any atom is -0.465 e. The maximum absolute atomic E-state index is 13.0. The zero-order valence-corrected chi connectivity index (χ0v) is 21.5. The Labute approximate surface area is 204 Å². The number of hydrogen-bond donors (Lipinski definition) is 1. The molecule has 0 saturated heterocycles. The first-order valence-electron chi connectivity index (χ1n) is 10.2. The van der Waals surface area contributed by atoms with Gasteiger partial charge in [-0.2, -0.15) is 0 Å². The standard InChI is InChI=1S/C21H21Br2NO5S2/c1-2-3-4-5-6-7-28-20(26)17-14-13(16-18(30-17)24-21(27)31-16)11-8-10(22)9-12(23)15(11)29-19(14)25/h8-9,13-14,17H,2-7H2,1H3,(H,24,27)/t13-,14+,17-/m1/s1. The average Bonchev–Trinajstić information content (AvgIpc) is 3.10. The molecule has 2 aliphatic rings. The molecule has 0 spiro atoms. The summed E-state index contributed by atoms with van der Waals surface area (Å²) >= 11 is 9.20. The molecule has 0 unspecified atom stereocenters. The molecule has 3 heterocycles. The molecular weight excluding hydrogens is 570 g/mol. The molecule has 1 N–H and O–H groups in total. The number of nitrogens with one attached hydrogen (secondary N) is 1. The number of aromatic nitrogens is 1. The number of halogens is 2. The van der Waals surface area contributed by atoms with Gasteiger partial charge >= 0.3 is 16.8 Å². The number of ether oxygens (including phenoxy) is 2. The van der Waals surface area contributed by atoms with Gasteiger partial charge in [0.2, 0.25) is 0 Å². The van der Waals surface area contributed by atoms with E-state index in [1.165, 1.54) is 18.2 Å². The second kappa shape index (κ2) is 9.80. The van der Waals surface area contributed by atoms with E-state index in [0.717, 1.165) is 51.9 Å². The highest BCUT2D eigenvalue weighted by Gasteiger charge is 2.52. The lowest BCUT2D eigenvalue weighted by atomic mass is 9.80. The van der Waals surface area contributed by atoms with Gasteiger partial charge in [0, 0.05) is 20.8 Å². The van der Waals surface area contributed by atoms with Gasteiger partial charge < -0.3 is 14.5 Å². The van der Waals surface area contributed by atoms with Crippen LogP contribution < -0.4 is 9.61 Å². The van der Waals surface area contributed by atoms with Crippen molar-refractivity contribution in [3.05, 3.63) is 41.2 Å². The summed E-state index contributed by atoms with van der Waals surface area (Å²) in [7, 11) is 0. The minimum atomic E-state index is -0.781. The van der Waals surface area contributed by atoms with E-state index in [2.05, 4.69) is 43.8 Å². The normalized spacial score (nSPS) is 21.6. The highest BCUT2D eigenvalue weighted by Crippen LogP contribution is 2.55. The summed E-state index contributed by atoms with van der Waals surface area (Å²) in [6.45, 7) is 2.48. The van der Waals surface area contributed by atoms with Crippen molar-refractivity contribution in [3.8, 4) is 5.75 Å². The van der Waals surface area contributed by atoms with Crippen LogP contribution in [-0.4, -0.2) is 28.8 Å². The quantitative estimate of drug-likeness (QED) is 0.256. The van der Waals surface area contributed by atoms with Crippen molar-refractivity contribution in [2.24, 2.45) is 5.92 Å². The number of carbonyl (C=O) groups is 2. The predicted octanol–water partition coefficient (Wildman–Crippen LogP) is 5.62. The number of aromatic amines is 1. The number of H-pyrrole nitrogens is 1. The number of benzene rings is 1.